The number of aromatic nitrogens is 2. The van der Waals surface area contributed by atoms with Crippen LogP contribution in [-0.2, 0) is 19.3 Å². The number of anilines is 1. The van der Waals surface area contributed by atoms with E-state index in [0.29, 0.717) is 16.5 Å². The van der Waals surface area contributed by atoms with E-state index in [2.05, 4.69) is 15.4 Å². The van der Waals surface area contributed by atoms with Crippen LogP contribution < -0.4 is 11.3 Å². The lowest BCUT2D eigenvalue weighted by atomic mass is 9.96. The van der Waals surface area contributed by atoms with E-state index in [1.54, 1.807) is 6.07 Å². The zero-order valence-electron chi connectivity index (χ0n) is 11.5. The Morgan fingerprint density at radius 3 is 2.67 bits per heavy atom. The summed E-state index contributed by atoms with van der Waals surface area (Å²) in [6.07, 6.45) is 4.92. The number of hydrogen-bond donors (Lipinski definition) is 2. The molecule has 4 nitrogen and oxygen atoms in total. The van der Waals surface area contributed by atoms with E-state index >= 15 is 0 Å². The highest BCUT2D eigenvalue weighted by molar-refractivity contribution is 6.42. The largest absolute Gasteiger partial charge is 0.308 e. The molecule has 0 bridgehead atoms. The number of nitrogens with two attached hydrogens (primary N) is 1. The van der Waals surface area contributed by atoms with Gasteiger partial charge in [-0.05, 0) is 43.4 Å². The molecule has 6 heteroatoms. The molecule has 0 aliphatic heterocycles. The summed E-state index contributed by atoms with van der Waals surface area (Å²) in [5.41, 5.74) is 6.00. The van der Waals surface area contributed by atoms with Crippen LogP contribution >= 0.6 is 23.2 Å². The number of hydrazine groups is 1. The minimum atomic E-state index is 0.546. The summed E-state index contributed by atoms with van der Waals surface area (Å²) >= 11 is 12.0. The summed E-state index contributed by atoms with van der Waals surface area (Å²) in [6.45, 7) is 0. The Labute approximate surface area is 133 Å². The van der Waals surface area contributed by atoms with Crippen molar-refractivity contribution in [3.63, 3.8) is 0 Å². The quantitative estimate of drug-likeness (QED) is 0.670. The fraction of sp³-hybridized carbons (Fsp3) is 0.333. The van der Waals surface area contributed by atoms with Crippen LogP contribution in [0.15, 0.2) is 18.2 Å². The van der Waals surface area contributed by atoms with Gasteiger partial charge in [0, 0.05) is 17.7 Å². The number of aryl methyl sites for hydroxylation is 1. The average molecular weight is 323 g/mol. The smallest absolute Gasteiger partial charge is 0.147 e. The Bertz CT molecular complexity index is 656. The van der Waals surface area contributed by atoms with Crippen molar-refractivity contribution < 1.29 is 0 Å². The maximum atomic E-state index is 6.05. The molecule has 0 unspecified atom stereocenters. The fourth-order valence-electron chi connectivity index (χ4n) is 2.68. The van der Waals surface area contributed by atoms with Crippen molar-refractivity contribution in [3.8, 4) is 0 Å². The predicted molar refractivity (Wildman–Crippen MR) is 85.8 cm³/mol. The van der Waals surface area contributed by atoms with Crippen molar-refractivity contribution >= 4 is 29.0 Å². The van der Waals surface area contributed by atoms with Gasteiger partial charge in [0.25, 0.3) is 0 Å². The van der Waals surface area contributed by atoms with Crippen molar-refractivity contribution in [1.29, 1.82) is 0 Å². The fourth-order valence-corrected chi connectivity index (χ4v) is 3.00. The van der Waals surface area contributed by atoms with E-state index in [-0.39, 0.29) is 0 Å². The molecule has 1 aromatic carbocycles. The highest BCUT2D eigenvalue weighted by atomic mass is 35.5. The molecule has 1 aliphatic rings. The van der Waals surface area contributed by atoms with Crippen LogP contribution in [0.5, 0.6) is 0 Å². The van der Waals surface area contributed by atoms with Gasteiger partial charge < -0.3 is 5.43 Å². The van der Waals surface area contributed by atoms with E-state index in [1.165, 1.54) is 6.42 Å². The second kappa shape index (κ2) is 6.18. The number of fused-ring (bicyclic) bond motifs is 1. The van der Waals surface area contributed by atoms with Crippen molar-refractivity contribution in [2.45, 2.75) is 32.1 Å². The molecule has 2 aromatic rings. The molecule has 0 saturated carbocycles. The molecule has 0 spiro atoms. The van der Waals surface area contributed by atoms with Crippen molar-refractivity contribution in [1.82, 2.24) is 9.97 Å². The van der Waals surface area contributed by atoms with Gasteiger partial charge >= 0.3 is 0 Å². The molecule has 21 heavy (non-hydrogen) atoms. The molecule has 3 N–H and O–H groups in total. The normalized spacial score (nSPS) is 13.9. The van der Waals surface area contributed by atoms with Gasteiger partial charge in [0.1, 0.15) is 11.6 Å². The molecule has 0 radical (unpaired) electrons. The van der Waals surface area contributed by atoms with Crippen molar-refractivity contribution in [3.05, 3.63) is 50.9 Å². The van der Waals surface area contributed by atoms with Crippen molar-refractivity contribution in [2.24, 2.45) is 5.84 Å². The third-order valence-electron chi connectivity index (χ3n) is 3.71. The first-order chi connectivity index (χ1) is 10.2. The first-order valence-corrected chi connectivity index (χ1v) is 7.72. The number of nitrogen functional groups attached to an aromatic ring is 1. The Kier molecular flexibility index (Phi) is 4.29. The van der Waals surface area contributed by atoms with Gasteiger partial charge in [-0.1, -0.05) is 29.3 Å². The summed E-state index contributed by atoms with van der Waals surface area (Å²) in [5.74, 6) is 7.10. The first-order valence-electron chi connectivity index (χ1n) is 6.96. The van der Waals surface area contributed by atoms with Gasteiger partial charge in [-0.3, -0.25) is 0 Å². The van der Waals surface area contributed by atoms with Crippen LogP contribution in [0.25, 0.3) is 0 Å². The molecule has 110 valence electrons. The Morgan fingerprint density at radius 2 is 1.90 bits per heavy atom. The van der Waals surface area contributed by atoms with Gasteiger partial charge in [0.05, 0.1) is 10.0 Å². The summed E-state index contributed by atoms with van der Waals surface area (Å²) in [4.78, 5) is 9.22. The lowest BCUT2D eigenvalue weighted by Gasteiger charge is -2.18. The van der Waals surface area contributed by atoms with Crippen LogP contribution in [0, 0.1) is 0 Å². The highest BCUT2D eigenvalue weighted by Gasteiger charge is 2.17. The molecular weight excluding hydrogens is 307 g/mol. The lowest BCUT2D eigenvalue weighted by molar-refractivity contribution is 0.657. The second-order valence-corrected chi connectivity index (χ2v) is 6.00. The predicted octanol–water partition coefficient (Wildman–Crippen LogP) is 3.54. The van der Waals surface area contributed by atoms with Crippen LogP contribution in [0.4, 0.5) is 5.82 Å². The summed E-state index contributed by atoms with van der Waals surface area (Å²) < 4.78 is 0. The summed E-state index contributed by atoms with van der Waals surface area (Å²) in [7, 11) is 0. The number of hydrogen-bond acceptors (Lipinski definition) is 4. The van der Waals surface area contributed by atoms with E-state index in [1.807, 2.05) is 12.1 Å². The molecule has 0 saturated heterocycles. The molecule has 1 aromatic heterocycles. The standard InChI is InChI=1S/C15H16Cl2N4/c16-11-6-5-9(7-12(11)17)8-14-19-13-4-2-1-3-10(13)15(20-14)21-18/h5-7H,1-4,8,18H2,(H,19,20,21). The zero-order valence-corrected chi connectivity index (χ0v) is 13.0. The second-order valence-electron chi connectivity index (χ2n) is 5.19. The van der Waals surface area contributed by atoms with Crippen molar-refractivity contribution in [2.75, 3.05) is 5.43 Å². The maximum absolute atomic E-state index is 6.05. The van der Waals surface area contributed by atoms with Gasteiger partial charge in [-0.2, -0.15) is 0 Å². The molecule has 3 rings (SSSR count). The molecule has 0 fully saturated rings. The minimum absolute atomic E-state index is 0.546. The Balaban J connectivity index is 1.93. The molecule has 0 atom stereocenters. The van der Waals surface area contributed by atoms with Crippen LogP contribution in [0.1, 0.15) is 35.5 Å². The SMILES string of the molecule is NNc1nc(Cc2ccc(Cl)c(Cl)c2)nc2c1CCCC2. The van der Waals surface area contributed by atoms with Crippen LogP contribution in [-0.4, -0.2) is 9.97 Å². The Hall–Kier alpha value is -1.36. The highest BCUT2D eigenvalue weighted by Crippen LogP contribution is 2.27. The van der Waals surface area contributed by atoms with Crippen LogP contribution in [0.2, 0.25) is 10.0 Å². The maximum Gasteiger partial charge on any atom is 0.147 e. The topological polar surface area (TPSA) is 63.8 Å². The number of nitrogens with one attached hydrogen (secondary N) is 1. The van der Waals surface area contributed by atoms with E-state index in [9.17, 15) is 0 Å². The minimum Gasteiger partial charge on any atom is -0.308 e. The van der Waals surface area contributed by atoms with Gasteiger partial charge in [-0.25, -0.2) is 15.8 Å². The van der Waals surface area contributed by atoms with Crippen LogP contribution in [0.3, 0.4) is 0 Å². The zero-order chi connectivity index (χ0) is 14.8. The van der Waals surface area contributed by atoms with Gasteiger partial charge in [0.15, 0.2) is 0 Å². The monoisotopic (exact) mass is 322 g/mol. The van der Waals surface area contributed by atoms with E-state index in [4.69, 9.17) is 29.0 Å². The number of halogens is 2. The molecule has 0 amide bonds. The number of nitrogens with zero attached hydrogens (tertiary/aromatic N) is 2. The third-order valence-corrected chi connectivity index (χ3v) is 4.45. The molecule has 1 aliphatic carbocycles. The molecular formula is C15H16Cl2N4. The first kappa shape index (κ1) is 14.6. The van der Waals surface area contributed by atoms with E-state index in [0.717, 1.165) is 47.7 Å². The number of rotatable bonds is 3. The average Bonchev–Trinajstić information content (AvgIpc) is 2.50. The van der Waals surface area contributed by atoms with Gasteiger partial charge in [-0.15, -0.1) is 0 Å². The summed E-state index contributed by atoms with van der Waals surface area (Å²) in [6, 6.07) is 5.58. The third kappa shape index (κ3) is 3.12. The number of benzene rings is 1. The Morgan fingerprint density at radius 1 is 1.10 bits per heavy atom. The molecule has 1 heterocycles. The van der Waals surface area contributed by atoms with Gasteiger partial charge in [0.2, 0.25) is 0 Å². The summed E-state index contributed by atoms with van der Waals surface area (Å²) in [5, 5.41) is 1.10. The van der Waals surface area contributed by atoms with E-state index < -0.39 is 0 Å². The lowest BCUT2D eigenvalue weighted by Crippen LogP contribution is -2.18.